The second-order valence-electron chi connectivity index (χ2n) is 10.4. The summed E-state index contributed by atoms with van der Waals surface area (Å²) in [6.07, 6.45) is -1.67. The number of hydrogen-bond acceptors (Lipinski definition) is 4. The van der Waals surface area contributed by atoms with Crippen LogP contribution in [0.25, 0.3) is 11.3 Å². The van der Waals surface area contributed by atoms with Crippen LogP contribution in [0.5, 0.6) is 5.75 Å². The van der Waals surface area contributed by atoms with E-state index in [-0.39, 0.29) is 28.8 Å². The van der Waals surface area contributed by atoms with Crippen LogP contribution < -0.4 is 4.74 Å². The molecule has 1 amide bonds. The molecule has 3 heterocycles. The average molecular weight is 555 g/mol. The van der Waals surface area contributed by atoms with Crippen molar-refractivity contribution in [2.24, 2.45) is 5.41 Å². The highest BCUT2D eigenvalue weighted by Crippen LogP contribution is 2.55. The Bertz CT molecular complexity index is 1560. The second kappa shape index (κ2) is 9.72. The highest BCUT2D eigenvalue weighted by atomic mass is 19.4. The first kappa shape index (κ1) is 26.0. The minimum absolute atomic E-state index is 0.0180. The number of halogens is 5. The maximum absolute atomic E-state index is 14.6. The first-order valence-electron chi connectivity index (χ1n) is 12.6. The third kappa shape index (κ3) is 4.91. The molecule has 4 aromatic rings. The van der Waals surface area contributed by atoms with E-state index in [9.17, 15) is 26.7 Å². The van der Waals surface area contributed by atoms with Crippen molar-refractivity contribution < 1.29 is 31.5 Å². The van der Waals surface area contributed by atoms with Crippen LogP contribution in [0, 0.1) is 17.0 Å². The molecule has 1 saturated carbocycles. The van der Waals surface area contributed by atoms with Crippen LogP contribution in [0.3, 0.4) is 0 Å². The number of hydrogen-bond donors (Lipinski definition) is 0. The topological polar surface area (TPSA) is 60.2 Å². The number of aromatic nitrogens is 3. The maximum Gasteiger partial charge on any atom is 0.433 e. The summed E-state index contributed by atoms with van der Waals surface area (Å²) in [5.41, 5.74) is -0.335. The van der Waals surface area contributed by atoms with Crippen LogP contribution >= 0.6 is 0 Å². The molecule has 1 spiro atoms. The molecule has 0 bridgehead atoms. The van der Waals surface area contributed by atoms with E-state index >= 15 is 0 Å². The molecule has 0 radical (unpaired) electrons. The van der Waals surface area contributed by atoms with Crippen LogP contribution in [0.2, 0.25) is 0 Å². The smallest absolute Gasteiger partial charge is 0.433 e. The fraction of sp³-hybridized carbons (Fsp3) is 0.276. The Morgan fingerprint density at radius 3 is 2.45 bits per heavy atom. The Morgan fingerprint density at radius 2 is 1.75 bits per heavy atom. The maximum atomic E-state index is 14.6. The van der Waals surface area contributed by atoms with E-state index in [2.05, 4.69) is 10.1 Å². The van der Waals surface area contributed by atoms with Crippen LogP contribution in [0.4, 0.5) is 22.0 Å². The van der Waals surface area contributed by atoms with Crippen LogP contribution in [-0.2, 0) is 12.8 Å². The van der Waals surface area contributed by atoms with E-state index in [1.807, 2.05) is 30.3 Å². The Kier molecular flexibility index (Phi) is 6.31. The summed E-state index contributed by atoms with van der Waals surface area (Å²) in [5, 5.41) is 4.14. The van der Waals surface area contributed by atoms with Gasteiger partial charge in [-0.2, -0.15) is 18.3 Å². The van der Waals surface area contributed by atoms with Gasteiger partial charge < -0.3 is 9.64 Å². The van der Waals surface area contributed by atoms with Crippen molar-refractivity contribution in [1.82, 2.24) is 19.7 Å². The van der Waals surface area contributed by atoms with Crippen molar-refractivity contribution in [1.29, 1.82) is 0 Å². The molecule has 2 fully saturated rings. The normalized spacial score (nSPS) is 16.5. The summed E-state index contributed by atoms with van der Waals surface area (Å²) in [7, 11) is 0. The van der Waals surface area contributed by atoms with Gasteiger partial charge in [-0.25, -0.2) is 8.78 Å². The standard InChI is InChI=1S/C29H23F5N4O2/c30-20-8-19(13-35-14-20)25-10-26(29(32,33)34)38(36-25)21-11-28(12-21)16-37(17-28)27(39)23-9-22(6-7-24(23)31)40-15-18-4-2-1-3-5-18/h1-10,13-14,21H,11-12,15-17H2. The number of rotatable bonds is 6. The summed E-state index contributed by atoms with van der Waals surface area (Å²) >= 11 is 0. The predicted molar refractivity (Wildman–Crippen MR) is 134 cm³/mol. The minimum atomic E-state index is -4.65. The zero-order valence-electron chi connectivity index (χ0n) is 21.0. The third-order valence-corrected chi connectivity index (χ3v) is 7.47. The molecule has 1 aliphatic heterocycles. The molecule has 0 atom stereocenters. The molecule has 2 aromatic carbocycles. The molecule has 11 heteroatoms. The first-order chi connectivity index (χ1) is 19.1. The Labute approximate surface area is 226 Å². The molecule has 2 aliphatic rings. The summed E-state index contributed by atoms with van der Waals surface area (Å²) < 4.78 is 76.2. The fourth-order valence-electron chi connectivity index (χ4n) is 5.52. The van der Waals surface area contributed by atoms with Crippen molar-refractivity contribution in [3.63, 3.8) is 0 Å². The molecule has 206 valence electrons. The van der Waals surface area contributed by atoms with Gasteiger partial charge in [-0.1, -0.05) is 30.3 Å². The number of amides is 1. The summed E-state index contributed by atoms with van der Waals surface area (Å²) in [6.45, 7) is 0.874. The SMILES string of the molecule is O=C(c1cc(OCc2ccccc2)ccc1F)N1CC2(CC(n3nc(-c4cncc(F)c4)cc3C(F)(F)F)C2)C1. The van der Waals surface area contributed by atoms with Crippen molar-refractivity contribution >= 4 is 5.91 Å². The van der Waals surface area contributed by atoms with Crippen LogP contribution in [0.15, 0.2) is 73.1 Å². The van der Waals surface area contributed by atoms with Gasteiger partial charge in [0.1, 0.15) is 29.7 Å². The van der Waals surface area contributed by atoms with E-state index in [4.69, 9.17) is 4.74 Å². The quantitative estimate of drug-likeness (QED) is 0.263. The number of benzene rings is 2. The molecule has 0 unspecified atom stereocenters. The van der Waals surface area contributed by atoms with Crippen LogP contribution in [-0.4, -0.2) is 38.7 Å². The zero-order chi connectivity index (χ0) is 28.1. The van der Waals surface area contributed by atoms with Gasteiger partial charge in [-0.15, -0.1) is 0 Å². The van der Waals surface area contributed by atoms with Gasteiger partial charge >= 0.3 is 6.18 Å². The van der Waals surface area contributed by atoms with E-state index in [1.165, 1.54) is 29.3 Å². The lowest BCUT2D eigenvalue weighted by Gasteiger charge is -2.59. The largest absolute Gasteiger partial charge is 0.489 e. The highest BCUT2D eigenvalue weighted by Gasteiger charge is 2.56. The number of alkyl halides is 3. The van der Waals surface area contributed by atoms with Gasteiger partial charge in [0.15, 0.2) is 0 Å². The second-order valence-corrected chi connectivity index (χ2v) is 10.4. The van der Waals surface area contributed by atoms with Crippen LogP contribution in [0.1, 0.15) is 40.5 Å². The summed E-state index contributed by atoms with van der Waals surface area (Å²) in [4.78, 5) is 18.2. The molecule has 6 nitrogen and oxygen atoms in total. The van der Waals surface area contributed by atoms with E-state index in [0.717, 1.165) is 28.6 Å². The Hall–Kier alpha value is -4.28. The number of nitrogens with zero attached hydrogens (tertiary/aromatic N) is 4. The molecular weight excluding hydrogens is 531 g/mol. The third-order valence-electron chi connectivity index (χ3n) is 7.47. The summed E-state index contributed by atoms with van der Waals surface area (Å²) in [6, 6.07) is 14.9. The zero-order valence-corrected chi connectivity index (χ0v) is 21.0. The van der Waals surface area contributed by atoms with Gasteiger partial charge in [0.2, 0.25) is 0 Å². The molecule has 1 aliphatic carbocycles. The molecule has 0 N–H and O–H groups in total. The van der Waals surface area contributed by atoms with Gasteiger partial charge in [0.25, 0.3) is 5.91 Å². The van der Waals surface area contributed by atoms with Gasteiger partial charge in [-0.05, 0) is 48.7 Å². The van der Waals surface area contributed by atoms with Gasteiger partial charge in [-0.3, -0.25) is 14.5 Å². The van der Waals surface area contributed by atoms with Crippen molar-refractivity contribution in [2.75, 3.05) is 13.1 Å². The average Bonchev–Trinajstić information content (AvgIpc) is 3.33. The molecule has 2 aromatic heterocycles. The van der Waals surface area contributed by atoms with Crippen molar-refractivity contribution in [2.45, 2.75) is 31.7 Å². The molecular formula is C29H23F5N4O2. The lowest BCUT2D eigenvalue weighted by molar-refractivity contribution is -0.149. The predicted octanol–water partition coefficient (Wildman–Crippen LogP) is 6.30. The Morgan fingerprint density at radius 1 is 1.00 bits per heavy atom. The lowest BCUT2D eigenvalue weighted by Crippen LogP contribution is -2.64. The van der Waals surface area contributed by atoms with E-state index < -0.39 is 35.5 Å². The minimum Gasteiger partial charge on any atom is -0.489 e. The van der Waals surface area contributed by atoms with Gasteiger partial charge in [0, 0.05) is 30.3 Å². The lowest BCUT2D eigenvalue weighted by atomic mass is 9.60. The van der Waals surface area contributed by atoms with Gasteiger partial charge in [0.05, 0.1) is 23.5 Å². The number of ether oxygens (including phenoxy) is 1. The molecule has 6 rings (SSSR count). The fourth-order valence-corrected chi connectivity index (χ4v) is 5.52. The van der Waals surface area contributed by atoms with E-state index in [1.54, 1.807) is 0 Å². The van der Waals surface area contributed by atoms with Crippen molar-refractivity contribution in [3.8, 4) is 17.0 Å². The molecule has 40 heavy (non-hydrogen) atoms. The number of pyridine rings is 1. The number of carbonyl (C=O) groups is 1. The first-order valence-corrected chi connectivity index (χ1v) is 12.6. The number of likely N-dealkylation sites (tertiary alicyclic amines) is 1. The Balaban J connectivity index is 1.12. The monoisotopic (exact) mass is 554 g/mol. The molecule has 1 saturated heterocycles. The van der Waals surface area contributed by atoms with Crippen molar-refractivity contribution in [3.05, 3.63) is 102 Å². The number of carbonyl (C=O) groups excluding carboxylic acids is 1. The van der Waals surface area contributed by atoms with E-state index in [0.29, 0.717) is 31.7 Å². The highest BCUT2D eigenvalue weighted by molar-refractivity contribution is 5.95. The summed E-state index contributed by atoms with van der Waals surface area (Å²) in [5.74, 6) is -1.48.